The minimum Gasteiger partial charge on any atom is -0.383 e. The summed E-state index contributed by atoms with van der Waals surface area (Å²) in [6, 6.07) is 4.44. The molecule has 0 fully saturated rings. The van der Waals surface area contributed by atoms with Crippen molar-refractivity contribution >= 4 is 5.82 Å². The molecule has 0 bridgehead atoms. The third-order valence-electron chi connectivity index (χ3n) is 4.40. The van der Waals surface area contributed by atoms with Gasteiger partial charge in [-0.2, -0.15) is 0 Å². The minimum absolute atomic E-state index is 0.759. The lowest BCUT2D eigenvalue weighted by Gasteiger charge is -2.21. The highest BCUT2D eigenvalue weighted by Gasteiger charge is 2.10. The molecule has 0 aromatic carbocycles. The number of unbranched alkanes of at least 4 members (excludes halogenated alkanes) is 1. The van der Waals surface area contributed by atoms with Crippen molar-refractivity contribution < 1.29 is 4.74 Å². The maximum absolute atomic E-state index is 5.62. The molecule has 0 spiro atoms. The zero-order chi connectivity index (χ0) is 16.3. The first-order valence-corrected chi connectivity index (χ1v) is 8.97. The summed E-state index contributed by atoms with van der Waals surface area (Å²) in [5, 5.41) is 3.41. The molecule has 0 unspecified atom stereocenters. The van der Waals surface area contributed by atoms with Crippen molar-refractivity contribution in [2.24, 2.45) is 5.73 Å². The molecule has 5 nitrogen and oxygen atoms in total. The van der Waals surface area contributed by atoms with Gasteiger partial charge in [-0.25, -0.2) is 4.98 Å². The highest BCUT2D eigenvalue weighted by atomic mass is 16.5. The number of methoxy groups -OCH3 is 1. The van der Waals surface area contributed by atoms with Gasteiger partial charge in [0.15, 0.2) is 0 Å². The van der Waals surface area contributed by atoms with E-state index in [2.05, 4.69) is 22.3 Å². The molecular formula is C18H32N4O. The van der Waals surface area contributed by atoms with Crippen LogP contribution in [0.2, 0.25) is 0 Å². The summed E-state index contributed by atoms with van der Waals surface area (Å²) in [6.07, 6.45) is 6.86. The fourth-order valence-electron chi connectivity index (χ4n) is 3.02. The van der Waals surface area contributed by atoms with Crippen molar-refractivity contribution in [3.8, 4) is 0 Å². The second-order valence-electron chi connectivity index (χ2n) is 6.27. The topological polar surface area (TPSA) is 63.4 Å². The Morgan fingerprint density at radius 1 is 1.22 bits per heavy atom. The van der Waals surface area contributed by atoms with E-state index in [1.54, 1.807) is 7.11 Å². The molecule has 3 N–H and O–H groups in total. The van der Waals surface area contributed by atoms with E-state index >= 15 is 0 Å². The molecule has 0 saturated carbocycles. The van der Waals surface area contributed by atoms with Gasteiger partial charge in [0.2, 0.25) is 0 Å². The molecule has 2 rings (SSSR count). The van der Waals surface area contributed by atoms with Crippen molar-refractivity contribution in [1.29, 1.82) is 0 Å². The minimum atomic E-state index is 0.759. The van der Waals surface area contributed by atoms with Crippen LogP contribution in [0.1, 0.15) is 36.9 Å². The SMILES string of the molecule is COCCN(CCCN)CCCCc1ccc2c(n1)NCCC2. The van der Waals surface area contributed by atoms with Gasteiger partial charge >= 0.3 is 0 Å². The van der Waals surface area contributed by atoms with Gasteiger partial charge < -0.3 is 20.7 Å². The second kappa shape index (κ2) is 10.6. The van der Waals surface area contributed by atoms with Gasteiger partial charge in [0.05, 0.1) is 6.61 Å². The van der Waals surface area contributed by atoms with E-state index in [1.165, 1.54) is 30.5 Å². The van der Waals surface area contributed by atoms with E-state index < -0.39 is 0 Å². The number of hydrogen-bond acceptors (Lipinski definition) is 5. The van der Waals surface area contributed by atoms with Crippen molar-refractivity contribution in [2.45, 2.75) is 38.5 Å². The maximum Gasteiger partial charge on any atom is 0.129 e. The molecule has 1 aromatic heterocycles. The number of rotatable bonds is 11. The van der Waals surface area contributed by atoms with Crippen molar-refractivity contribution in [2.75, 3.05) is 51.8 Å². The Hall–Kier alpha value is -1.17. The molecule has 0 atom stereocenters. The first-order valence-electron chi connectivity index (χ1n) is 8.97. The van der Waals surface area contributed by atoms with Crippen molar-refractivity contribution in [3.63, 3.8) is 0 Å². The molecule has 1 aliphatic rings. The Morgan fingerprint density at radius 3 is 2.91 bits per heavy atom. The molecule has 5 heteroatoms. The average Bonchev–Trinajstić information content (AvgIpc) is 2.60. The van der Waals surface area contributed by atoms with Gasteiger partial charge in [0, 0.05) is 25.9 Å². The van der Waals surface area contributed by atoms with Gasteiger partial charge in [0.1, 0.15) is 5.82 Å². The quantitative estimate of drug-likeness (QED) is 0.611. The third-order valence-corrected chi connectivity index (χ3v) is 4.40. The van der Waals surface area contributed by atoms with Crippen LogP contribution >= 0.6 is 0 Å². The van der Waals surface area contributed by atoms with Crippen LogP contribution in [0.5, 0.6) is 0 Å². The Kier molecular flexibility index (Phi) is 8.36. The van der Waals surface area contributed by atoms with E-state index in [0.29, 0.717) is 0 Å². The van der Waals surface area contributed by atoms with E-state index in [9.17, 15) is 0 Å². The largest absolute Gasteiger partial charge is 0.383 e. The normalized spacial score (nSPS) is 13.9. The lowest BCUT2D eigenvalue weighted by Crippen LogP contribution is -2.30. The summed E-state index contributed by atoms with van der Waals surface area (Å²) in [5.41, 5.74) is 8.20. The highest BCUT2D eigenvalue weighted by molar-refractivity contribution is 5.46. The number of aryl methyl sites for hydroxylation is 2. The Bertz CT molecular complexity index is 445. The summed E-state index contributed by atoms with van der Waals surface area (Å²) < 4.78 is 5.19. The van der Waals surface area contributed by atoms with Crippen LogP contribution in [0.4, 0.5) is 5.82 Å². The molecular weight excluding hydrogens is 288 g/mol. The molecule has 0 radical (unpaired) electrons. The number of nitrogens with two attached hydrogens (primary N) is 1. The number of aromatic nitrogens is 1. The predicted octanol–water partition coefficient (Wildman–Crippen LogP) is 2.06. The maximum atomic E-state index is 5.62. The molecule has 0 saturated heterocycles. The molecule has 2 heterocycles. The Labute approximate surface area is 140 Å². The van der Waals surface area contributed by atoms with E-state index in [4.69, 9.17) is 15.5 Å². The van der Waals surface area contributed by atoms with E-state index in [-0.39, 0.29) is 0 Å². The predicted molar refractivity (Wildman–Crippen MR) is 96.0 cm³/mol. The van der Waals surface area contributed by atoms with Gasteiger partial charge in [-0.15, -0.1) is 0 Å². The molecule has 0 aliphatic carbocycles. The van der Waals surface area contributed by atoms with E-state index in [0.717, 1.165) is 64.4 Å². The van der Waals surface area contributed by atoms with Gasteiger partial charge in [-0.05, 0) is 69.8 Å². The lowest BCUT2D eigenvalue weighted by molar-refractivity contribution is 0.146. The molecule has 0 amide bonds. The summed E-state index contributed by atoms with van der Waals surface area (Å²) in [7, 11) is 1.76. The van der Waals surface area contributed by atoms with Crippen LogP contribution < -0.4 is 11.1 Å². The van der Waals surface area contributed by atoms with Crippen molar-refractivity contribution in [1.82, 2.24) is 9.88 Å². The Morgan fingerprint density at radius 2 is 2.09 bits per heavy atom. The summed E-state index contributed by atoms with van der Waals surface area (Å²) in [4.78, 5) is 7.22. The van der Waals surface area contributed by atoms with Crippen LogP contribution in [0.3, 0.4) is 0 Å². The number of nitrogens with one attached hydrogen (secondary N) is 1. The second-order valence-corrected chi connectivity index (χ2v) is 6.27. The first-order chi connectivity index (χ1) is 11.3. The zero-order valence-electron chi connectivity index (χ0n) is 14.5. The average molecular weight is 320 g/mol. The smallest absolute Gasteiger partial charge is 0.129 e. The van der Waals surface area contributed by atoms with Gasteiger partial charge in [0.25, 0.3) is 0 Å². The highest BCUT2D eigenvalue weighted by Crippen LogP contribution is 2.20. The third kappa shape index (κ3) is 6.45. The molecule has 1 aliphatic heterocycles. The lowest BCUT2D eigenvalue weighted by atomic mass is 10.1. The van der Waals surface area contributed by atoms with Gasteiger partial charge in [-0.1, -0.05) is 6.07 Å². The summed E-state index contributed by atoms with van der Waals surface area (Å²) >= 11 is 0. The van der Waals surface area contributed by atoms with E-state index in [1.807, 2.05) is 0 Å². The molecule has 130 valence electrons. The fourth-order valence-corrected chi connectivity index (χ4v) is 3.02. The molecule has 1 aromatic rings. The fraction of sp³-hybridized carbons (Fsp3) is 0.722. The van der Waals surface area contributed by atoms with Gasteiger partial charge in [-0.3, -0.25) is 0 Å². The van der Waals surface area contributed by atoms with Crippen LogP contribution in [0, 0.1) is 0 Å². The number of pyridine rings is 1. The first kappa shape index (κ1) is 18.2. The Balaban J connectivity index is 1.70. The number of anilines is 1. The van der Waals surface area contributed by atoms with Crippen LogP contribution in [-0.4, -0.2) is 56.3 Å². The summed E-state index contributed by atoms with van der Waals surface area (Å²) in [5.74, 6) is 1.11. The monoisotopic (exact) mass is 320 g/mol. The molecule has 23 heavy (non-hydrogen) atoms. The summed E-state index contributed by atoms with van der Waals surface area (Å²) in [6.45, 7) is 5.79. The van der Waals surface area contributed by atoms with Crippen molar-refractivity contribution in [3.05, 3.63) is 23.4 Å². The van der Waals surface area contributed by atoms with Crippen LogP contribution in [0.15, 0.2) is 12.1 Å². The van der Waals surface area contributed by atoms with Crippen LogP contribution in [-0.2, 0) is 17.6 Å². The zero-order valence-corrected chi connectivity index (χ0v) is 14.5. The number of nitrogens with zero attached hydrogens (tertiary/aromatic N) is 2. The number of hydrogen-bond donors (Lipinski definition) is 2. The number of fused-ring (bicyclic) bond motifs is 1. The number of ether oxygens (including phenoxy) is 1. The van der Waals surface area contributed by atoms with Crippen LogP contribution in [0.25, 0.3) is 0 Å². The standard InChI is InChI=1S/C18H32N4O/c1-23-15-14-22(13-5-10-19)12-3-2-7-17-9-8-16-6-4-11-20-18(16)21-17/h8-9H,2-7,10-15,19H2,1H3,(H,20,21).